The van der Waals surface area contributed by atoms with Gasteiger partial charge in [0.2, 0.25) is 5.91 Å². The number of aromatic nitrogens is 3. The number of halogens is 1. The van der Waals surface area contributed by atoms with Crippen LogP contribution in [0.5, 0.6) is 0 Å². The van der Waals surface area contributed by atoms with Crippen molar-refractivity contribution in [2.75, 3.05) is 24.7 Å². The summed E-state index contributed by atoms with van der Waals surface area (Å²) in [7, 11) is 3.88. The average molecular weight is 438 g/mol. The predicted molar refractivity (Wildman–Crippen MR) is 106 cm³/mol. The lowest BCUT2D eigenvalue weighted by atomic mass is 10.2. The van der Waals surface area contributed by atoms with Crippen molar-refractivity contribution in [3.8, 4) is 0 Å². The average Bonchev–Trinajstić information content (AvgIpc) is 3.04. The molecule has 0 saturated carbocycles. The largest absolute Gasteiger partial charge is 0.354 e. The second kappa shape index (κ2) is 8.11. The molecule has 0 aliphatic rings. The van der Waals surface area contributed by atoms with Crippen LogP contribution < -0.4 is 10.2 Å². The summed E-state index contributed by atoms with van der Waals surface area (Å²) in [4.78, 5) is 27.0. The fraction of sp³-hybridized carbons (Fsp3) is 0.250. The molecular weight excluding hydrogens is 422 g/mol. The van der Waals surface area contributed by atoms with Gasteiger partial charge in [-0.15, -0.1) is 0 Å². The van der Waals surface area contributed by atoms with E-state index in [-0.39, 0.29) is 5.91 Å². The first-order valence-corrected chi connectivity index (χ1v) is 10.1. The van der Waals surface area contributed by atoms with Crippen molar-refractivity contribution in [2.45, 2.75) is 11.6 Å². The molecule has 0 atom stereocenters. The van der Waals surface area contributed by atoms with Crippen molar-refractivity contribution >= 4 is 60.4 Å². The Kier molecular flexibility index (Phi) is 5.87. The topological polar surface area (TPSA) is 71.0 Å². The zero-order valence-corrected chi connectivity index (χ0v) is 16.9. The Bertz CT molecular complexity index is 899. The molecule has 0 fully saturated rings. The van der Waals surface area contributed by atoms with Crippen LogP contribution in [0.2, 0.25) is 0 Å². The van der Waals surface area contributed by atoms with E-state index in [2.05, 4.69) is 36.2 Å². The van der Waals surface area contributed by atoms with Gasteiger partial charge in [0.15, 0.2) is 10.8 Å². The van der Waals surface area contributed by atoms with Gasteiger partial charge in [-0.3, -0.25) is 4.79 Å². The lowest BCUT2D eigenvalue weighted by Gasteiger charge is -2.07. The van der Waals surface area contributed by atoms with Gasteiger partial charge in [-0.25, -0.2) is 9.97 Å². The Morgan fingerprint density at radius 2 is 2.12 bits per heavy atom. The van der Waals surface area contributed by atoms with E-state index in [0.717, 1.165) is 24.9 Å². The standard InChI is InChI=1S/C16H16BrN5OS2/c1-22(2)16-21-14-13(25-16)15(20-9-19-14)24-8-12(23)18-7-10-5-3-4-6-11(10)17/h3-6,9H,7-8H2,1-2H3,(H,18,23). The molecule has 0 aliphatic carbocycles. The summed E-state index contributed by atoms with van der Waals surface area (Å²) >= 11 is 6.41. The molecule has 2 aromatic heterocycles. The van der Waals surface area contributed by atoms with E-state index in [1.807, 2.05) is 43.3 Å². The molecule has 2 heterocycles. The van der Waals surface area contributed by atoms with Gasteiger partial charge in [-0.05, 0) is 11.6 Å². The highest BCUT2D eigenvalue weighted by atomic mass is 79.9. The molecule has 3 rings (SSSR count). The number of carbonyl (C=O) groups is 1. The second-order valence-electron chi connectivity index (χ2n) is 5.38. The fourth-order valence-corrected chi connectivity index (χ4v) is 4.30. The SMILES string of the molecule is CN(C)c1nc2ncnc(SCC(=O)NCc3ccccc3Br)c2s1. The fourth-order valence-electron chi connectivity index (χ4n) is 2.04. The van der Waals surface area contributed by atoms with E-state index in [1.165, 1.54) is 29.4 Å². The summed E-state index contributed by atoms with van der Waals surface area (Å²) in [6.07, 6.45) is 1.49. The molecule has 1 aromatic carbocycles. The molecule has 3 aromatic rings. The zero-order valence-electron chi connectivity index (χ0n) is 13.7. The number of thiazole rings is 1. The smallest absolute Gasteiger partial charge is 0.230 e. The van der Waals surface area contributed by atoms with Crippen LogP contribution in [-0.2, 0) is 11.3 Å². The first-order valence-electron chi connectivity index (χ1n) is 7.46. The third-order valence-electron chi connectivity index (χ3n) is 3.30. The van der Waals surface area contributed by atoms with Crippen molar-refractivity contribution in [1.82, 2.24) is 20.3 Å². The van der Waals surface area contributed by atoms with Crippen LogP contribution >= 0.6 is 39.0 Å². The molecule has 130 valence electrons. The van der Waals surface area contributed by atoms with Crippen LogP contribution in [-0.4, -0.2) is 40.7 Å². The third kappa shape index (κ3) is 4.47. The van der Waals surface area contributed by atoms with E-state index in [9.17, 15) is 4.79 Å². The van der Waals surface area contributed by atoms with Gasteiger partial charge in [0.25, 0.3) is 0 Å². The number of benzene rings is 1. The number of amides is 1. The molecule has 0 spiro atoms. The lowest BCUT2D eigenvalue weighted by Crippen LogP contribution is -2.24. The van der Waals surface area contributed by atoms with Gasteiger partial charge < -0.3 is 10.2 Å². The van der Waals surface area contributed by atoms with Gasteiger partial charge >= 0.3 is 0 Å². The third-order valence-corrected chi connectivity index (χ3v) is 6.42. The number of thioether (sulfide) groups is 1. The van der Waals surface area contributed by atoms with E-state index in [4.69, 9.17) is 0 Å². The maximum atomic E-state index is 12.1. The Morgan fingerprint density at radius 1 is 1.32 bits per heavy atom. The number of rotatable bonds is 6. The predicted octanol–water partition coefficient (Wildman–Crippen LogP) is 3.32. The van der Waals surface area contributed by atoms with Crippen molar-refractivity contribution < 1.29 is 4.79 Å². The summed E-state index contributed by atoms with van der Waals surface area (Å²) in [5.74, 6) is 0.260. The summed E-state index contributed by atoms with van der Waals surface area (Å²) in [6.45, 7) is 0.491. The van der Waals surface area contributed by atoms with Crippen LogP contribution in [0.3, 0.4) is 0 Å². The Hall–Kier alpha value is -1.71. The number of anilines is 1. The summed E-state index contributed by atoms with van der Waals surface area (Å²) < 4.78 is 1.90. The van der Waals surface area contributed by atoms with Gasteiger partial charge in [-0.1, -0.05) is 57.2 Å². The first kappa shape index (κ1) is 18.1. The van der Waals surface area contributed by atoms with E-state index in [1.54, 1.807) is 0 Å². The Labute approximate surface area is 162 Å². The number of hydrogen-bond acceptors (Lipinski definition) is 7. The highest BCUT2D eigenvalue weighted by Crippen LogP contribution is 2.32. The maximum Gasteiger partial charge on any atom is 0.230 e. The number of fused-ring (bicyclic) bond motifs is 1. The molecule has 6 nitrogen and oxygen atoms in total. The number of hydrogen-bond donors (Lipinski definition) is 1. The molecule has 0 radical (unpaired) electrons. The van der Waals surface area contributed by atoms with E-state index < -0.39 is 0 Å². The summed E-state index contributed by atoms with van der Waals surface area (Å²) in [5, 5.41) is 4.58. The molecule has 9 heteroatoms. The van der Waals surface area contributed by atoms with Crippen LogP contribution in [0.4, 0.5) is 5.13 Å². The minimum atomic E-state index is -0.0372. The molecule has 0 saturated heterocycles. The van der Waals surface area contributed by atoms with Crippen LogP contribution in [0.25, 0.3) is 10.3 Å². The van der Waals surface area contributed by atoms with Crippen molar-refractivity contribution in [1.29, 1.82) is 0 Å². The number of nitrogens with zero attached hydrogens (tertiary/aromatic N) is 4. The highest BCUT2D eigenvalue weighted by Gasteiger charge is 2.13. The molecule has 0 aliphatic heterocycles. The van der Waals surface area contributed by atoms with E-state index in [0.29, 0.717) is 17.9 Å². The Balaban J connectivity index is 1.62. The van der Waals surface area contributed by atoms with Crippen molar-refractivity contribution in [3.05, 3.63) is 40.6 Å². The van der Waals surface area contributed by atoms with Gasteiger partial charge in [-0.2, -0.15) is 4.98 Å². The maximum absolute atomic E-state index is 12.1. The highest BCUT2D eigenvalue weighted by molar-refractivity contribution is 9.10. The zero-order chi connectivity index (χ0) is 17.8. The van der Waals surface area contributed by atoms with Crippen molar-refractivity contribution in [3.63, 3.8) is 0 Å². The van der Waals surface area contributed by atoms with Crippen LogP contribution in [0.1, 0.15) is 5.56 Å². The molecule has 0 bridgehead atoms. The van der Waals surface area contributed by atoms with Crippen LogP contribution in [0, 0.1) is 0 Å². The quantitative estimate of drug-likeness (QED) is 0.470. The Morgan fingerprint density at radius 3 is 2.88 bits per heavy atom. The summed E-state index contributed by atoms with van der Waals surface area (Å²) in [6, 6.07) is 7.83. The molecule has 0 unspecified atom stereocenters. The minimum absolute atomic E-state index is 0.0372. The van der Waals surface area contributed by atoms with Crippen LogP contribution in [0.15, 0.2) is 40.1 Å². The summed E-state index contributed by atoms with van der Waals surface area (Å²) in [5.41, 5.74) is 1.71. The van der Waals surface area contributed by atoms with Gasteiger partial charge in [0.1, 0.15) is 16.1 Å². The molecule has 1 amide bonds. The molecule has 25 heavy (non-hydrogen) atoms. The second-order valence-corrected chi connectivity index (χ2v) is 8.18. The number of nitrogens with one attached hydrogen (secondary N) is 1. The normalized spacial score (nSPS) is 10.8. The van der Waals surface area contributed by atoms with Crippen molar-refractivity contribution in [2.24, 2.45) is 0 Å². The van der Waals surface area contributed by atoms with E-state index >= 15 is 0 Å². The molecular formula is C16H16BrN5OS2. The first-order chi connectivity index (χ1) is 12.0. The number of carbonyl (C=O) groups excluding carboxylic acids is 1. The molecule has 1 N–H and O–H groups in total. The lowest BCUT2D eigenvalue weighted by molar-refractivity contribution is -0.118. The minimum Gasteiger partial charge on any atom is -0.354 e. The van der Waals surface area contributed by atoms with Gasteiger partial charge in [0, 0.05) is 25.1 Å². The van der Waals surface area contributed by atoms with Gasteiger partial charge in [0.05, 0.1) is 5.75 Å². The monoisotopic (exact) mass is 437 g/mol.